The van der Waals surface area contributed by atoms with Crippen molar-refractivity contribution in [2.75, 3.05) is 31.1 Å². The molecule has 0 spiro atoms. The molecule has 0 bridgehead atoms. The molecule has 1 atom stereocenters. The van der Waals surface area contributed by atoms with E-state index in [1.807, 2.05) is 11.8 Å². The van der Waals surface area contributed by atoms with Crippen molar-refractivity contribution in [3.63, 3.8) is 0 Å². The fourth-order valence-electron chi connectivity index (χ4n) is 2.94. The summed E-state index contributed by atoms with van der Waals surface area (Å²) < 4.78 is 5.22. The zero-order chi connectivity index (χ0) is 18.8. The van der Waals surface area contributed by atoms with E-state index in [-0.39, 0.29) is 17.3 Å². The predicted molar refractivity (Wildman–Crippen MR) is 90.6 cm³/mol. The molecule has 3 heterocycles. The smallest absolute Gasteiger partial charge is 0.288 e. The zero-order valence-corrected chi connectivity index (χ0v) is 14.5. The summed E-state index contributed by atoms with van der Waals surface area (Å²) in [4.78, 5) is 34.4. The zero-order valence-electron chi connectivity index (χ0n) is 14.5. The average molecular weight is 361 g/mol. The molecule has 2 aromatic rings. The van der Waals surface area contributed by atoms with Crippen LogP contribution in [0.1, 0.15) is 35.0 Å². The topological polar surface area (TPSA) is 145 Å². The third-order valence-corrected chi connectivity index (χ3v) is 4.39. The lowest BCUT2D eigenvalue weighted by molar-refractivity contribution is -0.385. The number of nitrogens with two attached hydrogens (primary N) is 1. The first kappa shape index (κ1) is 17.7. The number of carbonyl (C=O) groups is 1. The van der Waals surface area contributed by atoms with E-state index < -0.39 is 10.8 Å². The highest BCUT2D eigenvalue weighted by Crippen LogP contribution is 2.26. The van der Waals surface area contributed by atoms with E-state index in [9.17, 15) is 14.9 Å². The number of piperazine rings is 1. The first-order valence-corrected chi connectivity index (χ1v) is 8.10. The Morgan fingerprint density at radius 3 is 2.62 bits per heavy atom. The second-order valence-electron chi connectivity index (χ2n) is 6.06. The van der Waals surface area contributed by atoms with Crippen LogP contribution in [-0.4, -0.2) is 57.0 Å². The lowest BCUT2D eigenvalue weighted by Gasteiger charge is -2.37. The SMILES string of the molecule is Cc1noc(C(C)N2CCN(c3ncc([N+](=O)[O-])cc3C(N)=O)CC2)n1. The number of rotatable bonds is 5. The third kappa shape index (κ3) is 3.47. The van der Waals surface area contributed by atoms with Crippen molar-refractivity contribution < 1.29 is 14.2 Å². The first-order chi connectivity index (χ1) is 12.4. The highest BCUT2D eigenvalue weighted by atomic mass is 16.6. The van der Waals surface area contributed by atoms with Crippen molar-refractivity contribution >= 4 is 17.4 Å². The molecule has 1 aliphatic rings. The van der Waals surface area contributed by atoms with Gasteiger partial charge < -0.3 is 15.2 Å². The van der Waals surface area contributed by atoms with Gasteiger partial charge in [0.25, 0.3) is 11.6 Å². The van der Waals surface area contributed by atoms with Crippen LogP contribution in [0, 0.1) is 17.0 Å². The Kier molecular flexibility index (Phi) is 4.80. The van der Waals surface area contributed by atoms with Gasteiger partial charge in [-0.1, -0.05) is 5.16 Å². The average Bonchev–Trinajstić information content (AvgIpc) is 3.07. The number of anilines is 1. The number of nitro groups is 1. The second-order valence-corrected chi connectivity index (χ2v) is 6.06. The maximum Gasteiger partial charge on any atom is 0.288 e. The summed E-state index contributed by atoms with van der Waals surface area (Å²) in [7, 11) is 0. The van der Waals surface area contributed by atoms with Gasteiger partial charge in [-0.25, -0.2) is 4.98 Å². The molecular formula is C15H19N7O4. The van der Waals surface area contributed by atoms with Crippen LogP contribution in [0.5, 0.6) is 0 Å². The van der Waals surface area contributed by atoms with Crippen LogP contribution in [0.15, 0.2) is 16.8 Å². The summed E-state index contributed by atoms with van der Waals surface area (Å²) >= 11 is 0. The molecule has 2 N–H and O–H groups in total. The quantitative estimate of drug-likeness (QED) is 0.599. The number of carbonyl (C=O) groups excluding carboxylic acids is 1. The lowest BCUT2D eigenvalue weighted by Crippen LogP contribution is -2.48. The highest BCUT2D eigenvalue weighted by molar-refractivity contribution is 5.98. The van der Waals surface area contributed by atoms with Gasteiger partial charge in [-0.05, 0) is 13.8 Å². The van der Waals surface area contributed by atoms with Gasteiger partial charge >= 0.3 is 0 Å². The van der Waals surface area contributed by atoms with E-state index in [0.29, 0.717) is 43.7 Å². The van der Waals surface area contributed by atoms with Crippen LogP contribution in [0.2, 0.25) is 0 Å². The Hall–Kier alpha value is -3.08. The molecule has 1 saturated heterocycles. The normalized spacial score (nSPS) is 16.5. The molecule has 0 radical (unpaired) electrons. The van der Waals surface area contributed by atoms with Gasteiger partial charge in [-0.2, -0.15) is 4.98 Å². The van der Waals surface area contributed by atoms with Gasteiger partial charge in [0, 0.05) is 32.2 Å². The number of primary amides is 1. The predicted octanol–water partition coefficient (Wildman–Crippen LogP) is 0.663. The van der Waals surface area contributed by atoms with Gasteiger partial charge in [0.05, 0.1) is 16.5 Å². The molecule has 1 fully saturated rings. The van der Waals surface area contributed by atoms with Gasteiger partial charge in [-0.15, -0.1) is 0 Å². The minimum absolute atomic E-state index is 0.0289. The Morgan fingerprint density at radius 2 is 2.08 bits per heavy atom. The van der Waals surface area contributed by atoms with Crippen molar-refractivity contribution in [2.45, 2.75) is 19.9 Å². The number of aryl methyl sites for hydroxylation is 1. The van der Waals surface area contributed by atoms with Gasteiger partial charge in [0.15, 0.2) is 5.82 Å². The van der Waals surface area contributed by atoms with Crippen molar-refractivity contribution in [3.05, 3.63) is 39.7 Å². The summed E-state index contributed by atoms with van der Waals surface area (Å²) in [6, 6.07) is 1.14. The fraction of sp³-hybridized carbons (Fsp3) is 0.467. The summed E-state index contributed by atoms with van der Waals surface area (Å²) in [5.41, 5.74) is 5.16. The summed E-state index contributed by atoms with van der Waals surface area (Å²) in [5, 5.41) is 14.7. The standard InChI is InChI=1S/C15H19N7O4/c1-9(15-18-10(2)19-26-15)20-3-5-21(6-4-20)14-12(13(16)23)7-11(8-17-14)22(24)25/h7-9H,3-6H2,1-2H3,(H2,16,23). The van der Waals surface area contributed by atoms with Crippen LogP contribution in [0.4, 0.5) is 11.5 Å². The molecule has 2 aromatic heterocycles. The molecule has 0 aliphatic carbocycles. The van der Waals surface area contributed by atoms with Gasteiger partial charge in [0.1, 0.15) is 12.0 Å². The van der Waals surface area contributed by atoms with E-state index in [1.165, 1.54) is 6.07 Å². The van der Waals surface area contributed by atoms with E-state index in [2.05, 4.69) is 20.0 Å². The number of pyridine rings is 1. The monoisotopic (exact) mass is 361 g/mol. The number of hydrogen-bond donors (Lipinski definition) is 1. The Bertz CT molecular complexity index is 829. The molecule has 0 aromatic carbocycles. The number of aromatic nitrogens is 3. The lowest BCUT2D eigenvalue weighted by atomic mass is 10.1. The minimum atomic E-state index is -0.742. The third-order valence-electron chi connectivity index (χ3n) is 4.39. The molecule has 1 aliphatic heterocycles. The Morgan fingerprint density at radius 1 is 1.38 bits per heavy atom. The maximum absolute atomic E-state index is 11.7. The molecule has 1 amide bonds. The van der Waals surface area contributed by atoms with Crippen molar-refractivity contribution in [1.82, 2.24) is 20.0 Å². The van der Waals surface area contributed by atoms with Crippen LogP contribution < -0.4 is 10.6 Å². The summed E-state index contributed by atoms with van der Waals surface area (Å²) in [6.07, 6.45) is 1.14. The van der Waals surface area contributed by atoms with Crippen LogP contribution in [0.3, 0.4) is 0 Å². The fourth-order valence-corrected chi connectivity index (χ4v) is 2.94. The molecule has 11 nitrogen and oxygen atoms in total. The number of hydrogen-bond acceptors (Lipinski definition) is 9. The van der Waals surface area contributed by atoms with E-state index >= 15 is 0 Å². The van der Waals surface area contributed by atoms with Gasteiger partial charge in [0.2, 0.25) is 5.89 Å². The summed E-state index contributed by atoms with van der Waals surface area (Å²) in [6.45, 7) is 6.29. The summed E-state index contributed by atoms with van der Waals surface area (Å²) in [5.74, 6) is 0.770. The van der Waals surface area contributed by atoms with Crippen molar-refractivity contribution in [1.29, 1.82) is 0 Å². The van der Waals surface area contributed by atoms with E-state index in [0.717, 1.165) is 6.20 Å². The molecule has 26 heavy (non-hydrogen) atoms. The number of nitrogens with zero attached hydrogens (tertiary/aromatic N) is 6. The van der Waals surface area contributed by atoms with Crippen molar-refractivity contribution in [3.8, 4) is 0 Å². The first-order valence-electron chi connectivity index (χ1n) is 8.10. The largest absolute Gasteiger partial charge is 0.365 e. The van der Waals surface area contributed by atoms with Crippen LogP contribution in [0.25, 0.3) is 0 Å². The van der Waals surface area contributed by atoms with E-state index in [4.69, 9.17) is 10.3 Å². The maximum atomic E-state index is 11.7. The molecule has 138 valence electrons. The molecular weight excluding hydrogens is 342 g/mol. The number of amides is 1. The minimum Gasteiger partial charge on any atom is -0.365 e. The van der Waals surface area contributed by atoms with Crippen LogP contribution >= 0.6 is 0 Å². The molecule has 3 rings (SSSR count). The van der Waals surface area contributed by atoms with Gasteiger partial charge in [-0.3, -0.25) is 19.8 Å². The molecule has 0 saturated carbocycles. The Labute approximate surface area is 148 Å². The van der Waals surface area contributed by atoms with E-state index in [1.54, 1.807) is 6.92 Å². The Balaban J connectivity index is 1.73. The highest BCUT2D eigenvalue weighted by Gasteiger charge is 2.28. The molecule has 1 unspecified atom stereocenters. The van der Waals surface area contributed by atoms with Crippen molar-refractivity contribution in [2.24, 2.45) is 5.73 Å². The second kappa shape index (κ2) is 7.04. The van der Waals surface area contributed by atoms with Crippen LogP contribution in [-0.2, 0) is 0 Å². The molecule has 11 heteroatoms.